The van der Waals surface area contributed by atoms with Crippen LogP contribution < -0.4 is 9.64 Å². The van der Waals surface area contributed by atoms with Crippen LogP contribution in [0.25, 0.3) is 10.8 Å². The summed E-state index contributed by atoms with van der Waals surface area (Å²) in [5, 5.41) is 12.8. The number of hydrogen-bond acceptors (Lipinski definition) is 4. The number of anilines is 1. The predicted octanol–water partition coefficient (Wildman–Crippen LogP) is 4.33. The number of piperazine rings is 1. The third kappa shape index (κ3) is 4.77. The first-order chi connectivity index (χ1) is 14.5. The Kier molecular flexibility index (Phi) is 6.26. The molecule has 4 heteroatoms. The third-order valence-electron chi connectivity index (χ3n) is 5.96. The van der Waals surface area contributed by atoms with E-state index in [2.05, 4.69) is 60.9 Å². The Morgan fingerprint density at radius 2 is 1.53 bits per heavy atom. The van der Waals surface area contributed by atoms with Gasteiger partial charge in [0.05, 0.1) is 0 Å². The fourth-order valence-electron chi connectivity index (χ4n) is 4.63. The first-order valence-corrected chi connectivity index (χ1v) is 10.8. The van der Waals surface area contributed by atoms with Crippen LogP contribution in [-0.4, -0.2) is 55.4 Å². The molecule has 1 saturated heterocycles. The van der Waals surface area contributed by atoms with E-state index in [4.69, 9.17) is 4.74 Å². The number of aliphatic hydroxyl groups excluding tert-OH is 1. The summed E-state index contributed by atoms with van der Waals surface area (Å²) in [4.78, 5) is 4.82. The Balaban J connectivity index is 1.27. The van der Waals surface area contributed by atoms with Crippen LogP contribution in [0.15, 0.2) is 54.6 Å². The van der Waals surface area contributed by atoms with Crippen molar-refractivity contribution >= 4 is 16.5 Å². The summed E-state index contributed by atoms with van der Waals surface area (Å²) < 4.78 is 5.86. The van der Waals surface area contributed by atoms with E-state index < -0.39 is 6.10 Å². The van der Waals surface area contributed by atoms with Crippen LogP contribution in [0.5, 0.6) is 5.75 Å². The summed E-state index contributed by atoms with van der Waals surface area (Å²) in [5.74, 6) is 0.808. The topological polar surface area (TPSA) is 35.9 Å². The number of β-amino-alcohol motifs (C(OH)–C–C–N with tert-alkyl or cyclic N) is 1. The zero-order valence-corrected chi connectivity index (χ0v) is 18.3. The second kappa shape index (κ2) is 9.07. The molecule has 4 rings (SSSR count). The summed E-state index contributed by atoms with van der Waals surface area (Å²) in [5.41, 5.74) is 5.40. The van der Waals surface area contributed by atoms with Crippen molar-refractivity contribution in [1.82, 2.24) is 4.90 Å². The lowest BCUT2D eigenvalue weighted by Gasteiger charge is -2.38. The van der Waals surface area contributed by atoms with Gasteiger partial charge >= 0.3 is 0 Å². The number of ether oxygens (including phenoxy) is 1. The molecule has 1 heterocycles. The number of hydrogen-bond donors (Lipinski definition) is 1. The number of fused-ring (bicyclic) bond motifs is 1. The molecular weight excluding hydrogens is 372 g/mol. The highest BCUT2D eigenvalue weighted by molar-refractivity contribution is 5.83. The van der Waals surface area contributed by atoms with Gasteiger partial charge in [-0.05, 0) is 54.8 Å². The molecule has 0 amide bonds. The molecule has 1 N–H and O–H groups in total. The minimum absolute atomic E-state index is 0.314. The molecule has 0 aromatic heterocycles. The zero-order valence-electron chi connectivity index (χ0n) is 18.3. The predicted molar refractivity (Wildman–Crippen MR) is 125 cm³/mol. The van der Waals surface area contributed by atoms with Crippen LogP contribution in [0.2, 0.25) is 0 Å². The summed E-state index contributed by atoms with van der Waals surface area (Å²) in [6.45, 7) is 11.4. The Hall–Kier alpha value is -2.56. The molecule has 0 unspecified atom stereocenters. The van der Waals surface area contributed by atoms with Gasteiger partial charge in [0.1, 0.15) is 18.5 Å². The van der Waals surface area contributed by atoms with Crippen LogP contribution in [-0.2, 0) is 0 Å². The largest absolute Gasteiger partial charge is 0.491 e. The summed E-state index contributed by atoms with van der Waals surface area (Å²) in [7, 11) is 0. The van der Waals surface area contributed by atoms with E-state index in [0.717, 1.165) is 37.3 Å². The molecule has 1 atom stereocenters. The maximum atomic E-state index is 10.5. The monoisotopic (exact) mass is 404 g/mol. The van der Waals surface area contributed by atoms with E-state index in [1.165, 1.54) is 27.8 Å². The zero-order chi connectivity index (χ0) is 21.1. The maximum Gasteiger partial charge on any atom is 0.120 e. The highest BCUT2D eigenvalue weighted by atomic mass is 16.5. The number of nitrogens with zero attached hydrogens (tertiary/aromatic N) is 2. The molecule has 30 heavy (non-hydrogen) atoms. The van der Waals surface area contributed by atoms with Gasteiger partial charge in [-0.3, -0.25) is 4.90 Å². The van der Waals surface area contributed by atoms with E-state index in [1.54, 1.807) is 0 Å². The van der Waals surface area contributed by atoms with Crippen molar-refractivity contribution in [1.29, 1.82) is 0 Å². The standard InChI is InChI=1S/C26H32N2O2/c1-19-14-20(2)26(21(3)15-19)28-12-10-27(11-13-28)17-24(29)18-30-25-9-8-22-6-4-5-7-23(22)16-25/h4-9,14-16,24,29H,10-13,17-18H2,1-3H3/t24-/m1/s1. The average molecular weight is 405 g/mol. The van der Waals surface area contributed by atoms with Crippen LogP contribution in [0.4, 0.5) is 5.69 Å². The molecule has 0 bridgehead atoms. The smallest absolute Gasteiger partial charge is 0.120 e. The molecule has 1 aliphatic heterocycles. The SMILES string of the molecule is Cc1cc(C)c(N2CCN(C[C@@H](O)COc3ccc4ccccc4c3)CC2)c(C)c1. The summed E-state index contributed by atoms with van der Waals surface area (Å²) >= 11 is 0. The van der Waals surface area contributed by atoms with Crippen molar-refractivity contribution in [3.8, 4) is 5.75 Å². The van der Waals surface area contributed by atoms with Crippen molar-refractivity contribution < 1.29 is 9.84 Å². The molecule has 3 aromatic rings. The average Bonchev–Trinajstić information content (AvgIpc) is 2.72. The fraction of sp³-hybridized carbons (Fsp3) is 0.385. The van der Waals surface area contributed by atoms with Gasteiger partial charge in [-0.15, -0.1) is 0 Å². The van der Waals surface area contributed by atoms with Gasteiger partial charge in [-0.25, -0.2) is 0 Å². The Labute approximate surface area is 179 Å². The Bertz CT molecular complexity index is 986. The minimum atomic E-state index is -0.495. The molecule has 1 aliphatic rings. The molecule has 0 aliphatic carbocycles. The van der Waals surface area contributed by atoms with E-state index in [0.29, 0.717) is 13.2 Å². The lowest BCUT2D eigenvalue weighted by atomic mass is 10.0. The van der Waals surface area contributed by atoms with Gasteiger partial charge in [-0.2, -0.15) is 0 Å². The van der Waals surface area contributed by atoms with Gasteiger partial charge in [0.25, 0.3) is 0 Å². The maximum absolute atomic E-state index is 10.5. The molecule has 3 aromatic carbocycles. The summed E-state index contributed by atoms with van der Waals surface area (Å²) in [6.07, 6.45) is -0.495. The highest BCUT2D eigenvalue weighted by Crippen LogP contribution is 2.27. The quantitative estimate of drug-likeness (QED) is 0.664. The van der Waals surface area contributed by atoms with Crippen LogP contribution in [0, 0.1) is 20.8 Å². The Morgan fingerprint density at radius 3 is 2.23 bits per heavy atom. The van der Waals surface area contributed by atoms with Gasteiger partial charge in [-0.1, -0.05) is 48.0 Å². The number of benzene rings is 3. The first-order valence-electron chi connectivity index (χ1n) is 10.8. The van der Waals surface area contributed by atoms with Crippen molar-refractivity contribution in [3.63, 3.8) is 0 Å². The van der Waals surface area contributed by atoms with Crippen LogP contribution in [0.3, 0.4) is 0 Å². The van der Waals surface area contributed by atoms with Crippen LogP contribution in [0.1, 0.15) is 16.7 Å². The summed E-state index contributed by atoms with van der Waals surface area (Å²) in [6, 6.07) is 18.8. The minimum Gasteiger partial charge on any atom is -0.491 e. The lowest BCUT2D eigenvalue weighted by Crippen LogP contribution is -2.49. The Morgan fingerprint density at radius 1 is 0.867 bits per heavy atom. The second-order valence-corrected chi connectivity index (χ2v) is 8.51. The van der Waals surface area contributed by atoms with E-state index in [-0.39, 0.29) is 0 Å². The number of rotatable bonds is 6. The number of aliphatic hydroxyl groups is 1. The van der Waals surface area contributed by atoms with Gasteiger partial charge in [0, 0.05) is 38.4 Å². The van der Waals surface area contributed by atoms with E-state index >= 15 is 0 Å². The fourth-order valence-corrected chi connectivity index (χ4v) is 4.63. The molecule has 4 nitrogen and oxygen atoms in total. The van der Waals surface area contributed by atoms with Crippen molar-refractivity contribution in [2.75, 3.05) is 44.2 Å². The molecule has 0 spiro atoms. The lowest BCUT2D eigenvalue weighted by molar-refractivity contribution is 0.0663. The second-order valence-electron chi connectivity index (χ2n) is 8.51. The molecule has 0 saturated carbocycles. The van der Waals surface area contributed by atoms with Gasteiger partial charge < -0.3 is 14.7 Å². The normalized spacial score (nSPS) is 16.1. The van der Waals surface area contributed by atoms with Crippen molar-refractivity contribution in [3.05, 3.63) is 71.3 Å². The van der Waals surface area contributed by atoms with Gasteiger partial charge in [0.2, 0.25) is 0 Å². The molecule has 1 fully saturated rings. The highest BCUT2D eigenvalue weighted by Gasteiger charge is 2.21. The molecule has 0 radical (unpaired) electrons. The van der Waals surface area contributed by atoms with E-state index in [9.17, 15) is 5.11 Å². The molecular formula is C26H32N2O2. The van der Waals surface area contributed by atoms with Gasteiger partial charge in [0.15, 0.2) is 0 Å². The third-order valence-corrected chi connectivity index (χ3v) is 5.96. The molecule has 158 valence electrons. The van der Waals surface area contributed by atoms with E-state index in [1.807, 2.05) is 24.3 Å². The van der Waals surface area contributed by atoms with Crippen LogP contribution >= 0.6 is 0 Å². The first kappa shape index (κ1) is 20.7. The number of aryl methyl sites for hydroxylation is 3. The van der Waals surface area contributed by atoms with Crippen molar-refractivity contribution in [2.24, 2.45) is 0 Å². The van der Waals surface area contributed by atoms with Crippen molar-refractivity contribution in [2.45, 2.75) is 26.9 Å².